The van der Waals surface area contributed by atoms with Crippen molar-refractivity contribution in [3.63, 3.8) is 0 Å². The van der Waals surface area contributed by atoms with Gasteiger partial charge in [-0.3, -0.25) is 4.99 Å². The van der Waals surface area contributed by atoms with Crippen molar-refractivity contribution in [2.45, 2.75) is 19.5 Å². The Bertz CT molecular complexity index is 873. The summed E-state index contributed by atoms with van der Waals surface area (Å²) in [5.74, 6) is 1.71. The second-order valence-electron chi connectivity index (χ2n) is 6.45. The number of para-hydroxylation sites is 1. The summed E-state index contributed by atoms with van der Waals surface area (Å²) >= 11 is 1.78. The third-order valence-corrected chi connectivity index (χ3v) is 5.51. The molecule has 0 aliphatic rings. The van der Waals surface area contributed by atoms with Crippen molar-refractivity contribution in [2.75, 3.05) is 27.7 Å². The van der Waals surface area contributed by atoms with Crippen LogP contribution in [-0.2, 0) is 6.54 Å². The minimum atomic E-state index is 0. The number of hydrogen-bond acceptors (Lipinski definition) is 4. The molecule has 1 atom stereocenters. The van der Waals surface area contributed by atoms with E-state index in [1.807, 2.05) is 18.2 Å². The zero-order valence-corrected chi connectivity index (χ0v) is 19.3. The monoisotopic (exact) mass is 498 g/mol. The third-order valence-electron chi connectivity index (χ3n) is 4.54. The number of fused-ring (bicyclic) bond motifs is 1. The summed E-state index contributed by atoms with van der Waals surface area (Å²) in [6, 6.07) is 12.7. The second kappa shape index (κ2) is 10.1. The summed E-state index contributed by atoms with van der Waals surface area (Å²) < 4.78 is 5.96. The molecule has 0 bridgehead atoms. The number of aryl methyl sites for hydroxylation is 1. The maximum absolute atomic E-state index is 5.96. The molecule has 3 aromatic rings. The summed E-state index contributed by atoms with van der Waals surface area (Å²) in [6.07, 6.45) is 0. The molecule has 0 amide bonds. The number of rotatable bonds is 6. The van der Waals surface area contributed by atoms with Gasteiger partial charge >= 0.3 is 0 Å². The maximum Gasteiger partial charge on any atom is 0.191 e. The second-order valence-corrected chi connectivity index (χ2v) is 7.43. The van der Waals surface area contributed by atoms with E-state index in [0.29, 0.717) is 12.6 Å². The lowest BCUT2D eigenvalue weighted by atomic mass is 10.1. The Morgan fingerprint density at radius 2 is 1.96 bits per heavy atom. The van der Waals surface area contributed by atoms with E-state index in [2.05, 4.69) is 65.1 Å². The number of nitrogens with one attached hydrogen (secondary N) is 2. The SMILES string of the molecule is CN=C(NCc1oc2ccccc2c1C)NCC(c1cccs1)N(C)C.I. The first-order valence-corrected chi connectivity index (χ1v) is 9.59. The van der Waals surface area contributed by atoms with E-state index in [1.165, 1.54) is 10.4 Å². The third kappa shape index (κ3) is 5.24. The molecule has 7 heteroatoms. The summed E-state index contributed by atoms with van der Waals surface area (Å²) in [5.41, 5.74) is 2.10. The smallest absolute Gasteiger partial charge is 0.191 e. The first-order valence-electron chi connectivity index (χ1n) is 8.71. The summed E-state index contributed by atoms with van der Waals surface area (Å²) in [5, 5.41) is 10.1. The van der Waals surface area contributed by atoms with Gasteiger partial charge < -0.3 is 20.0 Å². The Balaban J connectivity index is 0.00000261. The van der Waals surface area contributed by atoms with Gasteiger partial charge in [-0.05, 0) is 38.5 Å². The molecule has 5 nitrogen and oxygen atoms in total. The molecule has 1 aromatic carbocycles. The Kier molecular flexibility index (Phi) is 8.12. The van der Waals surface area contributed by atoms with Gasteiger partial charge in [0, 0.05) is 29.4 Å². The first kappa shape index (κ1) is 21.7. The molecule has 2 heterocycles. The van der Waals surface area contributed by atoms with E-state index < -0.39 is 0 Å². The van der Waals surface area contributed by atoms with Gasteiger partial charge in [0.15, 0.2) is 5.96 Å². The number of benzene rings is 1. The molecule has 0 spiro atoms. The quantitative estimate of drug-likeness (QED) is 0.301. The van der Waals surface area contributed by atoms with Crippen LogP contribution in [0.3, 0.4) is 0 Å². The maximum atomic E-state index is 5.96. The number of aliphatic imine (C=N–C) groups is 1. The number of likely N-dealkylation sites (N-methyl/N-ethyl adjacent to an activating group) is 1. The molecular formula is C20H27IN4OS. The molecule has 0 radical (unpaired) electrons. The predicted octanol–water partition coefficient (Wildman–Crippen LogP) is 4.39. The van der Waals surface area contributed by atoms with Crippen LogP contribution < -0.4 is 10.6 Å². The highest BCUT2D eigenvalue weighted by Gasteiger charge is 2.16. The Labute approximate surface area is 181 Å². The standard InChI is InChI=1S/C20H26N4OS.HI/c1-14-15-8-5-6-9-17(15)25-18(14)13-23-20(21-2)22-12-16(24(3)4)19-10-7-11-26-19;/h5-11,16H,12-13H2,1-4H3,(H2,21,22,23);1H. The minimum Gasteiger partial charge on any atom is -0.459 e. The Hall–Kier alpha value is -1.58. The van der Waals surface area contributed by atoms with E-state index in [-0.39, 0.29) is 24.0 Å². The van der Waals surface area contributed by atoms with Crippen LogP contribution in [-0.4, -0.2) is 38.5 Å². The van der Waals surface area contributed by atoms with Crippen molar-refractivity contribution in [2.24, 2.45) is 4.99 Å². The van der Waals surface area contributed by atoms with Crippen molar-refractivity contribution in [3.05, 3.63) is 58.0 Å². The molecule has 0 fully saturated rings. The topological polar surface area (TPSA) is 52.8 Å². The van der Waals surface area contributed by atoms with Gasteiger partial charge in [-0.2, -0.15) is 0 Å². The molecule has 0 aliphatic carbocycles. The van der Waals surface area contributed by atoms with Crippen LogP contribution in [0.15, 0.2) is 51.2 Å². The van der Waals surface area contributed by atoms with Gasteiger partial charge in [-0.1, -0.05) is 24.3 Å². The van der Waals surface area contributed by atoms with Gasteiger partial charge in [-0.25, -0.2) is 0 Å². The number of hydrogen-bond donors (Lipinski definition) is 2. The molecule has 2 aromatic heterocycles. The Morgan fingerprint density at radius 1 is 1.19 bits per heavy atom. The predicted molar refractivity (Wildman–Crippen MR) is 125 cm³/mol. The van der Waals surface area contributed by atoms with Crippen molar-refractivity contribution in [1.29, 1.82) is 0 Å². The number of guanidine groups is 1. The number of halogens is 1. The molecule has 1 unspecified atom stereocenters. The van der Waals surface area contributed by atoms with Gasteiger partial charge in [0.05, 0.1) is 12.6 Å². The number of furan rings is 1. The van der Waals surface area contributed by atoms with Gasteiger partial charge in [0.2, 0.25) is 0 Å². The van der Waals surface area contributed by atoms with Crippen LogP contribution >= 0.6 is 35.3 Å². The molecule has 27 heavy (non-hydrogen) atoms. The van der Waals surface area contributed by atoms with Crippen LogP contribution in [0, 0.1) is 6.92 Å². The van der Waals surface area contributed by atoms with E-state index in [0.717, 1.165) is 29.2 Å². The van der Waals surface area contributed by atoms with Crippen molar-refractivity contribution >= 4 is 52.2 Å². The van der Waals surface area contributed by atoms with Crippen LogP contribution in [0.5, 0.6) is 0 Å². The zero-order chi connectivity index (χ0) is 18.5. The highest BCUT2D eigenvalue weighted by molar-refractivity contribution is 14.0. The largest absolute Gasteiger partial charge is 0.459 e. The lowest BCUT2D eigenvalue weighted by Gasteiger charge is -2.24. The van der Waals surface area contributed by atoms with Crippen LogP contribution in [0.4, 0.5) is 0 Å². The zero-order valence-electron chi connectivity index (χ0n) is 16.2. The molecule has 3 rings (SSSR count). The van der Waals surface area contributed by atoms with Gasteiger partial charge in [-0.15, -0.1) is 35.3 Å². The molecule has 0 saturated carbocycles. The van der Waals surface area contributed by atoms with Crippen molar-refractivity contribution in [1.82, 2.24) is 15.5 Å². The van der Waals surface area contributed by atoms with E-state index in [4.69, 9.17) is 4.42 Å². The minimum absolute atomic E-state index is 0. The van der Waals surface area contributed by atoms with Gasteiger partial charge in [0.25, 0.3) is 0 Å². The van der Waals surface area contributed by atoms with E-state index in [9.17, 15) is 0 Å². The molecular weight excluding hydrogens is 471 g/mol. The van der Waals surface area contributed by atoms with Crippen LogP contribution in [0.1, 0.15) is 22.2 Å². The molecule has 2 N–H and O–H groups in total. The summed E-state index contributed by atoms with van der Waals surface area (Å²) in [4.78, 5) is 7.89. The molecule has 0 aliphatic heterocycles. The lowest BCUT2D eigenvalue weighted by Crippen LogP contribution is -2.41. The number of thiophene rings is 1. The molecule has 0 saturated heterocycles. The number of nitrogens with zero attached hydrogens (tertiary/aromatic N) is 2. The van der Waals surface area contributed by atoms with E-state index in [1.54, 1.807) is 18.4 Å². The first-order chi connectivity index (χ1) is 12.6. The van der Waals surface area contributed by atoms with Crippen LogP contribution in [0.2, 0.25) is 0 Å². The van der Waals surface area contributed by atoms with Crippen molar-refractivity contribution < 1.29 is 4.42 Å². The Morgan fingerprint density at radius 3 is 2.59 bits per heavy atom. The van der Waals surface area contributed by atoms with Gasteiger partial charge in [0.1, 0.15) is 11.3 Å². The summed E-state index contributed by atoms with van der Waals surface area (Å²) in [7, 11) is 5.98. The average Bonchev–Trinajstić information content (AvgIpc) is 3.27. The normalized spacial score (nSPS) is 12.9. The van der Waals surface area contributed by atoms with Crippen molar-refractivity contribution in [3.8, 4) is 0 Å². The fourth-order valence-corrected chi connectivity index (χ4v) is 3.91. The van der Waals surface area contributed by atoms with Crippen LogP contribution in [0.25, 0.3) is 11.0 Å². The highest BCUT2D eigenvalue weighted by atomic mass is 127. The highest BCUT2D eigenvalue weighted by Crippen LogP contribution is 2.25. The average molecular weight is 498 g/mol. The lowest BCUT2D eigenvalue weighted by molar-refractivity contribution is 0.302. The molecule has 146 valence electrons. The summed E-state index contributed by atoms with van der Waals surface area (Å²) in [6.45, 7) is 3.48. The van der Waals surface area contributed by atoms with E-state index >= 15 is 0 Å². The fourth-order valence-electron chi connectivity index (χ4n) is 2.99. The fraction of sp³-hybridized carbons (Fsp3) is 0.350.